The lowest BCUT2D eigenvalue weighted by molar-refractivity contribution is 0.288. The van der Waals surface area contributed by atoms with Crippen molar-refractivity contribution in [3.8, 4) is 5.88 Å². The van der Waals surface area contributed by atoms with Crippen molar-refractivity contribution in [2.24, 2.45) is 5.92 Å². The Morgan fingerprint density at radius 2 is 2.09 bits per heavy atom. The fraction of sp³-hybridized carbons (Fsp3) is 0.316. The fourth-order valence-corrected chi connectivity index (χ4v) is 2.73. The predicted molar refractivity (Wildman–Crippen MR) is 91.3 cm³/mol. The summed E-state index contributed by atoms with van der Waals surface area (Å²) < 4.78 is 5.66. The van der Waals surface area contributed by atoms with Gasteiger partial charge < -0.3 is 15.0 Å². The van der Waals surface area contributed by atoms with Gasteiger partial charge in [-0.2, -0.15) is 0 Å². The highest BCUT2D eigenvalue weighted by Gasteiger charge is 2.21. The maximum atomic E-state index is 5.66. The van der Waals surface area contributed by atoms with Gasteiger partial charge in [-0.1, -0.05) is 18.2 Å². The number of hydrogen-bond donors (Lipinski definition) is 2. The third-order valence-electron chi connectivity index (χ3n) is 4.29. The van der Waals surface area contributed by atoms with Gasteiger partial charge in [0.1, 0.15) is 0 Å². The molecular weight excluding hydrogens is 286 g/mol. The second kappa shape index (κ2) is 6.42. The van der Waals surface area contributed by atoms with Crippen molar-refractivity contribution in [1.29, 1.82) is 0 Å². The first kappa shape index (κ1) is 14.3. The Morgan fingerprint density at radius 3 is 2.91 bits per heavy atom. The molecule has 1 aliphatic carbocycles. The molecule has 1 aliphatic rings. The number of H-pyrrole nitrogens is 1. The molecule has 1 aromatic carbocycles. The minimum absolute atomic E-state index is 0.734. The molecule has 0 atom stereocenters. The summed E-state index contributed by atoms with van der Waals surface area (Å²) in [5.41, 5.74) is 3.66. The molecule has 3 aromatic rings. The average Bonchev–Trinajstić information content (AvgIpc) is 3.29. The van der Waals surface area contributed by atoms with Crippen LogP contribution in [0, 0.1) is 5.92 Å². The van der Waals surface area contributed by atoms with E-state index in [1.807, 2.05) is 18.5 Å². The summed E-state index contributed by atoms with van der Waals surface area (Å²) in [4.78, 5) is 7.63. The number of ether oxygens (including phenoxy) is 1. The number of nitrogens with one attached hydrogen (secondary N) is 2. The summed E-state index contributed by atoms with van der Waals surface area (Å²) in [6.45, 7) is 2.46. The molecule has 0 amide bonds. The lowest BCUT2D eigenvalue weighted by Gasteiger charge is -2.08. The maximum Gasteiger partial charge on any atom is 0.213 e. The number of hydrogen-bond acceptors (Lipinski definition) is 3. The van der Waals surface area contributed by atoms with Crippen molar-refractivity contribution < 1.29 is 4.74 Å². The van der Waals surface area contributed by atoms with Crippen molar-refractivity contribution in [3.63, 3.8) is 0 Å². The van der Waals surface area contributed by atoms with Crippen LogP contribution in [0.1, 0.15) is 24.0 Å². The molecule has 4 nitrogen and oxygen atoms in total. The number of nitrogens with zero attached hydrogens (tertiary/aromatic N) is 1. The van der Waals surface area contributed by atoms with Crippen molar-refractivity contribution in [2.45, 2.75) is 25.9 Å². The molecular formula is C19H21N3O. The van der Waals surface area contributed by atoms with Crippen molar-refractivity contribution in [3.05, 3.63) is 59.9 Å². The topological polar surface area (TPSA) is 49.9 Å². The van der Waals surface area contributed by atoms with Crippen LogP contribution in [0.15, 0.2) is 48.8 Å². The molecule has 118 valence electrons. The molecule has 0 radical (unpaired) electrons. The number of benzene rings is 1. The van der Waals surface area contributed by atoms with Gasteiger partial charge in [-0.05, 0) is 42.0 Å². The van der Waals surface area contributed by atoms with Gasteiger partial charge in [0, 0.05) is 42.5 Å². The smallest absolute Gasteiger partial charge is 0.213 e. The molecule has 2 N–H and O–H groups in total. The number of pyridine rings is 1. The Bertz CT molecular complexity index is 775. The van der Waals surface area contributed by atoms with E-state index in [-0.39, 0.29) is 0 Å². The minimum atomic E-state index is 0.734. The monoisotopic (exact) mass is 307 g/mol. The second-order valence-electron chi connectivity index (χ2n) is 6.22. The van der Waals surface area contributed by atoms with Crippen LogP contribution in [0.5, 0.6) is 5.88 Å². The highest BCUT2D eigenvalue weighted by Crippen LogP contribution is 2.29. The largest absolute Gasteiger partial charge is 0.477 e. The quantitative estimate of drug-likeness (QED) is 0.700. The molecule has 0 unspecified atom stereocenters. The SMILES string of the molecule is c1cc(CNCc2ccc(OCC3CC3)nc2)c2cc[nH]c2c1. The van der Waals surface area contributed by atoms with Crippen LogP contribution in [0.2, 0.25) is 0 Å². The Morgan fingerprint density at radius 1 is 1.13 bits per heavy atom. The van der Waals surface area contributed by atoms with Crippen LogP contribution in [0.3, 0.4) is 0 Å². The first-order valence-corrected chi connectivity index (χ1v) is 8.22. The molecule has 23 heavy (non-hydrogen) atoms. The molecule has 1 fully saturated rings. The van der Waals surface area contributed by atoms with Crippen LogP contribution < -0.4 is 10.1 Å². The van der Waals surface area contributed by atoms with E-state index in [4.69, 9.17) is 4.74 Å². The van der Waals surface area contributed by atoms with Crippen LogP contribution in [0.25, 0.3) is 10.9 Å². The van der Waals surface area contributed by atoms with E-state index in [1.165, 1.54) is 34.9 Å². The van der Waals surface area contributed by atoms with E-state index in [2.05, 4.69) is 45.6 Å². The van der Waals surface area contributed by atoms with Gasteiger partial charge in [-0.25, -0.2) is 4.98 Å². The van der Waals surface area contributed by atoms with Gasteiger partial charge in [0.25, 0.3) is 0 Å². The third-order valence-corrected chi connectivity index (χ3v) is 4.29. The molecule has 0 aliphatic heterocycles. The number of aromatic amines is 1. The molecule has 1 saturated carbocycles. The zero-order valence-electron chi connectivity index (χ0n) is 13.1. The van der Waals surface area contributed by atoms with E-state index in [0.29, 0.717) is 0 Å². The standard InChI is InChI=1S/C19H21N3O/c1-2-16(17-8-9-21-18(17)3-1)12-20-10-15-6-7-19(22-11-15)23-13-14-4-5-14/h1-3,6-9,11,14,20-21H,4-5,10,12-13H2. The summed E-state index contributed by atoms with van der Waals surface area (Å²) in [5.74, 6) is 1.49. The molecule has 0 saturated heterocycles. The van der Waals surface area contributed by atoms with E-state index in [1.54, 1.807) is 0 Å². The van der Waals surface area contributed by atoms with Crippen molar-refractivity contribution in [2.75, 3.05) is 6.61 Å². The molecule has 4 heteroatoms. The van der Waals surface area contributed by atoms with E-state index in [9.17, 15) is 0 Å². The maximum absolute atomic E-state index is 5.66. The number of aromatic nitrogens is 2. The van der Waals surface area contributed by atoms with Gasteiger partial charge in [0.15, 0.2) is 0 Å². The Labute approximate surface area is 135 Å². The van der Waals surface area contributed by atoms with Crippen molar-refractivity contribution >= 4 is 10.9 Å². The summed E-state index contributed by atoms with van der Waals surface area (Å²) in [7, 11) is 0. The zero-order chi connectivity index (χ0) is 15.5. The van der Waals surface area contributed by atoms with E-state index in [0.717, 1.165) is 31.5 Å². The second-order valence-corrected chi connectivity index (χ2v) is 6.22. The molecule has 4 rings (SSSR count). The fourth-order valence-electron chi connectivity index (χ4n) is 2.73. The Hall–Kier alpha value is -2.33. The van der Waals surface area contributed by atoms with Crippen LogP contribution in [-0.4, -0.2) is 16.6 Å². The van der Waals surface area contributed by atoms with Gasteiger partial charge in [0.2, 0.25) is 5.88 Å². The Balaban J connectivity index is 1.31. The summed E-state index contributed by atoms with van der Waals surface area (Å²) in [5, 5.41) is 4.76. The minimum Gasteiger partial charge on any atom is -0.477 e. The summed E-state index contributed by atoms with van der Waals surface area (Å²) in [6.07, 6.45) is 6.48. The number of rotatable bonds is 7. The molecule has 0 bridgehead atoms. The normalized spacial score (nSPS) is 14.3. The first-order chi connectivity index (χ1) is 11.4. The van der Waals surface area contributed by atoms with Gasteiger partial charge in [-0.15, -0.1) is 0 Å². The summed E-state index contributed by atoms with van der Waals surface area (Å²) in [6, 6.07) is 12.5. The summed E-state index contributed by atoms with van der Waals surface area (Å²) >= 11 is 0. The third kappa shape index (κ3) is 3.54. The van der Waals surface area contributed by atoms with E-state index < -0.39 is 0 Å². The molecule has 2 aromatic heterocycles. The lowest BCUT2D eigenvalue weighted by Crippen LogP contribution is -2.13. The van der Waals surface area contributed by atoms with Gasteiger partial charge in [0.05, 0.1) is 6.61 Å². The van der Waals surface area contributed by atoms with Gasteiger partial charge in [-0.3, -0.25) is 0 Å². The average molecular weight is 307 g/mol. The lowest BCUT2D eigenvalue weighted by atomic mass is 10.1. The van der Waals surface area contributed by atoms with Crippen LogP contribution >= 0.6 is 0 Å². The first-order valence-electron chi connectivity index (χ1n) is 8.22. The number of fused-ring (bicyclic) bond motifs is 1. The predicted octanol–water partition coefficient (Wildman–Crippen LogP) is 3.64. The molecule has 0 spiro atoms. The Kier molecular flexibility index (Phi) is 3.99. The van der Waals surface area contributed by atoms with Crippen molar-refractivity contribution in [1.82, 2.24) is 15.3 Å². The highest BCUT2D eigenvalue weighted by molar-refractivity contribution is 5.82. The van der Waals surface area contributed by atoms with Gasteiger partial charge >= 0.3 is 0 Å². The van der Waals surface area contributed by atoms with Crippen LogP contribution in [0.4, 0.5) is 0 Å². The van der Waals surface area contributed by atoms with E-state index >= 15 is 0 Å². The molecule has 2 heterocycles. The highest BCUT2D eigenvalue weighted by atomic mass is 16.5. The zero-order valence-corrected chi connectivity index (χ0v) is 13.1. The van der Waals surface area contributed by atoms with Crippen LogP contribution in [-0.2, 0) is 13.1 Å².